The molecule has 2 aliphatic rings. The number of ether oxygens (including phenoxy) is 1. The quantitative estimate of drug-likeness (QED) is 0.692. The Morgan fingerprint density at radius 2 is 1.92 bits per heavy atom. The molecule has 2 heterocycles. The van der Waals surface area contributed by atoms with Gasteiger partial charge in [0.05, 0.1) is 19.6 Å². The largest absolute Gasteiger partial charge is 0.508 e. The van der Waals surface area contributed by atoms with Crippen molar-refractivity contribution in [2.75, 3.05) is 13.2 Å². The standard InChI is InChI=1S/C20H20N2O3/c1-21-19-20(8-10-25-11-9-20)22(19)18(24)7-3-14-2-4-16-13-17(23)6-5-15(16)12-14/h2,4-6,12-13H,1,3,7-11H2/p+1. The van der Waals surface area contributed by atoms with E-state index in [1.807, 2.05) is 22.8 Å². The molecule has 1 fully saturated rings. The third-order valence-corrected chi connectivity index (χ3v) is 5.24. The molecular weight excluding hydrogens is 316 g/mol. The maximum absolute atomic E-state index is 12.7. The highest BCUT2D eigenvalue weighted by Crippen LogP contribution is 2.38. The van der Waals surface area contributed by atoms with E-state index >= 15 is 0 Å². The first-order valence-electron chi connectivity index (χ1n) is 8.61. The number of carbonyl (C=O) groups excluding carboxylic acids is 1. The number of benzene rings is 2. The monoisotopic (exact) mass is 337 g/mol. The van der Waals surface area contributed by atoms with E-state index in [4.69, 9.17) is 4.74 Å². The molecule has 0 bridgehead atoms. The van der Waals surface area contributed by atoms with Gasteiger partial charge in [-0.3, -0.25) is 0 Å². The van der Waals surface area contributed by atoms with Gasteiger partial charge in [-0.25, -0.2) is 4.79 Å². The Morgan fingerprint density at radius 1 is 1.20 bits per heavy atom. The van der Waals surface area contributed by atoms with E-state index in [-0.39, 0.29) is 17.2 Å². The minimum Gasteiger partial charge on any atom is -0.508 e. The van der Waals surface area contributed by atoms with Gasteiger partial charge in [-0.2, -0.15) is 4.58 Å². The second kappa shape index (κ2) is 6.08. The Morgan fingerprint density at radius 3 is 2.68 bits per heavy atom. The molecule has 2 aliphatic heterocycles. The first kappa shape index (κ1) is 16.0. The maximum atomic E-state index is 12.7. The van der Waals surface area contributed by atoms with Crippen LogP contribution in [0.5, 0.6) is 5.75 Å². The van der Waals surface area contributed by atoms with Crippen LogP contribution in [0.1, 0.15) is 24.8 Å². The zero-order valence-electron chi connectivity index (χ0n) is 14.1. The molecule has 1 N–H and O–H groups in total. The summed E-state index contributed by atoms with van der Waals surface area (Å²) in [4.78, 5) is 16.7. The van der Waals surface area contributed by atoms with Crippen molar-refractivity contribution in [3.8, 4) is 5.75 Å². The van der Waals surface area contributed by atoms with Crippen LogP contribution in [0.2, 0.25) is 0 Å². The molecule has 1 spiro atoms. The fourth-order valence-corrected chi connectivity index (χ4v) is 3.84. The van der Waals surface area contributed by atoms with Gasteiger partial charge in [0.2, 0.25) is 5.54 Å². The summed E-state index contributed by atoms with van der Waals surface area (Å²) >= 11 is 0. The normalized spacial score (nSPS) is 18.6. The number of phenolic OH excluding ortho intramolecular Hbond substituents is 1. The number of amidine groups is 1. The van der Waals surface area contributed by atoms with Crippen molar-refractivity contribution in [3.63, 3.8) is 0 Å². The fraction of sp³-hybridized carbons (Fsp3) is 0.350. The van der Waals surface area contributed by atoms with Crippen molar-refractivity contribution in [2.45, 2.75) is 31.2 Å². The number of nitrogens with zero attached hydrogens (tertiary/aromatic N) is 2. The summed E-state index contributed by atoms with van der Waals surface area (Å²) < 4.78 is 7.23. The summed E-state index contributed by atoms with van der Waals surface area (Å²) in [5, 5.41) is 11.6. The number of aliphatic imine (C=N–C) groups is 1. The molecule has 128 valence electrons. The van der Waals surface area contributed by atoms with Crippen LogP contribution in [0.25, 0.3) is 10.8 Å². The van der Waals surface area contributed by atoms with Crippen LogP contribution in [-0.4, -0.2) is 46.9 Å². The first-order chi connectivity index (χ1) is 12.1. The predicted molar refractivity (Wildman–Crippen MR) is 96.5 cm³/mol. The molecule has 5 nitrogen and oxygen atoms in total. The molecule has 4 rings (SSSR count). The Hall–Kier alpha value is -2.53. The zero-order chi connectivity index (χ0) is 17.4. The highest BCUT2D eigenvalue weighted by molar-refractivity contribution is 6.02. The zero-order valence-corrected chi connectivity index (χ0v) is 14.1. The van der Waals surface area contributed by atoms with Crippen molar-refractivity contribution in [1.29, 1.82) is 0 Å². The van der Waals surface area contributed by atoms with Crippen LogP contribution >= 0.6 is 0 Å². The second-order valence-corrected chi connectivity index (χ2v) is 6.72. The number of hydrogen-bond acceptors (Lipinski definition) is 4. The Balaban J connectivity index is 1.46. The van der Waals surface area contributed by atoms with Crippen LogP contribution in [0.3, 0.4) is 0 Å². The highest BCUT2D eigenvalue weighted by atomic mass is 16.5. The Labute approximate surface area is 146 Å². The summed E-state index contributed by atoms with van der Waals surface area (Å²) in [6, 6.07) is 11.4. The summed E-state index contributed by atoms with van der Waals surface area (Å²) in [7, 11) is 0. The SMILES string of the molecule is C=NC1=[N+](C(=O)CCc2ccc3cc(O)ccc3c2)C12CCOCC2. The minimum atomic E-state index is -0.224. The number of aromatic hydroxyl groups is 1. The maximum Gasteiger partial charge on any atom is 0.350 e. The van der Waals surface area contributed by atoms with Gasteiger partial charge in [0.1, 0.15) is 12.5 Å². The van der Waals surface area contributed by atoms with E-state index in [9.17, 15) is 9.90 Å². The molecule has 0 radical (unpaired) electrons. The van der Waals surface area contributed by atoms with Crippen molar-refractivity contribution >= 4 is 29.2 Å². The number of phenols is 1. The lowest BCUT2D eigenvalue weighted by molar-refractivity contribution is -0.438. The molecule has 0 unspecified atom stereocenters. The highest BCUT2D eigenvalue weighted by Gasteiger charge is 2.66. The molecule has 0 aromatic heterocycles. The molecule has 5 heteroatoms. The lowest BCUT2D eigenvalue weighted by atomic mass is 9.96. The summed E-state index contributed by atoms with van der Waals surface area (Å²) in [5.74, 6) is 1.18. The van der Waals surface area contributed by atoms with Gasteiger partial charge in [-0.05, 0) is 34.9 Å². The van der Waals surface area contributed by atoms with Crippen molar-refractivity contribution in [3.05, 3.63) is 42.0 Å². The van der Waals surface area contributed by atoms with E-state index in [2.05, 4.69) is 17.8 Å². The summed E-state index contributed by atoms with van der Waals surface area (Å²) in [6.07, 6.45) is 2.76. The van der Waals surface area contributed by atoms with Gasteiger partial charge in [0, 0.05) is 12.8 Å². The van der Waals surface area contributed by atoms with E-state index in [0.717, 1.165) is 35.0 Å². The number of aryl methyl sites for hydroxylation is 1. The van der Waals surface area contributed by atoms with Crippen LogP contribution < -0.4 is 0 Å². The smallest absolute Gasteiger partial charge is 0.350 e. The van der Waals surface area contributed by atoms with E-state index in [1.165, 1.54) is 0 Å². The number of amides is 1. The van der Waals surface area contributed by atoms with Crippen LogP contribution in [0, 0.1) is 0 Å². The van der Waals surface area contributed by atoms with Gasteiger partial charge in [-0.1, -0.05) is 29.3 Å². The predicted octanol–water partition coefficient (Wildman–Crippen LogP) is 2.68. The molecular formula is C20H21N2O3+. The van der Waals surface area contributed by atoms with Crippen LogP contribution in [0.4, 0.5) is 0 Å². The topological polar surface area (TPSA) is 61.9 Å². The molecule has 1 amide bonds. The molecule has 0 atom stereocenters. The van der Waals surface area contributed by atoms with Gasteiger partial charge >= 0.3 is 11.7 Å². The molecule has 0 aliphatic carbocycles. The number of hydrogen-bond donors (Lipinski definition) is 1. The molecule has 2 aromatic carbocycles. The Kier molecular flexibility index (Phi) is 3.88. The first-order valence-corrected chi connectivity index (χ1v) is 8.61. The average molecular weight is 337 g/mol. The molecule has 25 heavy (non-hydrogen) atoms. The second-order valence-electron chi connectivity index (χ2n) is 6.72. The van der Waals surface area contributed by atoms with Crippen molar-refractivity contribution < 1.29 is 19.2 Å². The molecule has 1 saturated heterocycles. The van der Waals surface area contributed by atoms with Gasteiger partial charge < -0.3 is 9.84 Å². The summed E-state index contributed by atoms with van der Waals surface area (Å²) in [6.45, 7) is 4.96. The minimum absolute atomic E-state index is 0.107. The fourth-order valence-electron chi connectivity index (χ4n) is 3.84. The lowest BCUT2D eigenvalue weighted by Crippen LogP contribution is -2.34. The number of fused-ring (bicyclic) bond motifs is 1. The van der Waals surface area contributed by atoms with Gasteiger partial charge in [0.15, 0.2) is 0 Å². The number of carbonyl (C=O) groups is 1. The Bertz CT molecular complexity index is 895. The molecule has 2 aromatic rings. The van der Waals surface area contributed by atoms with Gasteiger partial charge in [0.25, 0.3) is 0 Å². The van der Waals surface area contributed by atoms with E-state index in [1.54, 1.807) is 12.1 Å². The van der Waals surface area contributed by atoms with Crippen LogP contribution in [0.15, 0.2) is 41.4 Å². The van der Waals surface area contributed by atoms with Gasteiger partial charge in [-0.15, -0.1) is 0 Å². The third kappa shape index (κ3) is 2.74. The number of rotatable bonds is 3. The van der Waals surface area contributed by atoms with Crippen molar-refractivity contribution in [2.24, 2.45) is 4.99 Å². The summed E-state index contributed by atoms with van der Waals surface area (Å²) in [5.41, 5.74) is 0.889. The van der Waals surface area contributed by atoms with Crippen molar-refractivity contribution in [1.82, 2.24) is 0 Å². The average Bonchev–Trinajstić information content (AvgIpc) is 3.25. The lowest BCUT2D eigenvalue weighted by Gasteiger charge is -2.18. The van der Waals surface area contributed by atoms with Crippen LogP contribution in [-0.2, 0) is 16.0 Å². The van der Waals surface area contributed by atoms with E-state index in [0.29, 0.717) is 26.1 Å². The molecule has 0 saturated carbocycles. The van der Waals surface area contributed by atoms with E-state index < -0.39 is 0 Å². The third-order valence-electron chi connectivity index (χ3n) is 5.24.